The van der Waals surface area contributed by atoms with Crippen LogP contribution in [-0.4, -0.2) is 43.4 Å². The van der Waals surface area contributed by atoms with Crippen molar-refractivity contribution in [2.24, 2.45) is 13.0 Å². The first-order chi connectivity index (χ1) is 9.84. The third-order valence-electron chi connectivity index (χ3n) is 3.92. The molecule has 1 unspecified atom stereocenters. The molecule has 120 valence electrons. The minimum absolute atomic E-state index is 0.222. The van der Waals surface area contributed by atoms with Crippen molar-refractivity contribution in [2.45, 2.75) is 32.7 Å². The number of aromatic nitrogens is 2. The van der Waals surface area contributed by atoms with Gasteiger partial charge in [0.25, 0.3) is 0 Å². The lowest BCUT2D eigenvalue weighted by Gasteiger charge is -2.11. The van der Waals surface area contributed by atoms with Crippen LogP contribution in [0.4, 0.5) is 0 Å². The van der Waals surface area contributed by atoms with Crippen LogP contribution in [0.5, 0.6) is 5.88 Å². The van der Waals surface area contributed by atoms with Crippen molar-refractivity contribution in [1.29, 1.82) is 0 Å². The second-order valence-electron chi connectivity index (χ2n) is 6.05. The smallest absolute Gasteiger partial charge is 0.216 e. The van der Waals surface area contributed by atoms with Crippen LogP contribution in [0.25, 0.3) is 0 Å². The standard InChI is InChI=1S/C14H25N3O3S/c1-10(2)13-12(14(20-4)17(3)16-13)8-15-7-11-5-6-21(18,19)9-11/h10-11,15H,5-9H2,1-4H3. The SMILES string of the molecule is COc1c(CNCC2CCS(=O)(=O)C2)c(C(C)C)nn1C. The number of methoxy groups -OCH3 is 1. The Morgan fingerprint density at radius 3 is 2.71 bits per heavy atom. The van der Waals surface area contributed by atoms with Crippen LogP contribution in [0.3, 0.4) is 0 Å². The van der Waals surface area contributed by atoms with Gasteiger partial charge in [-0.1, -0.05) is 13.8 Å². The van der Waals surface area contributed by atoms with Crippen molar-refractivity contribution in [3.63, 3.8) is 0 Å². The third kappa shape index (κ3) is 3.77. The summed E-state index contributed by atoms with van der Waals surface area (Å²) >= 11 is 0. The van der Waals surface area contributed by atoms with Gasteiger partial charge in [0, 0.05) is 13.6 Å². The van der Waals surface area contributed by atoms with Crippen molar-refractivity contribution < 1.29 is 13.2 Å². The Morgan fingerprint density at radius 1 is 1.48 bits per heavy atom. The number of ether oxygens (including phenoxy) is 1. The second-order valence-corrected chi connectivity index (χ2v) is 8.28. The van der Waals surface area contributed by atoms with Crippen LogP contribution in [0.2, 0.25) is 0 Å². The summed E-state index contributed by atoms with van der Waals surface area (Å²) in [6, 6.07) is 0. The van der Waals surface area contributed by atoms with Crippen LogP contribution in [-0.2, 0) is 23.4 Å². The largest absolute Gasteiger partial charge is 0.481 e. The molecule has 1 fully saturated rings. The third-order valence-corrected chi connectivity index (χ3v) is 5.76. The molecule has 21 heavy (non-hydrogen) atoms. The minimum Gasteiger partial charge on any atom is -0.481 e. The van der Waals surface area contributed by atoms with E-state index in [1.54, 1.807) is 11.8 Å². The maximum atomic E-state index is 11.5. The first kappa shape index (κ1) is 16.3. The van der Waals surface area contributed by atoms with E-state index in [2.05, 4.69) is 24.3 Å². The average molecular weight is 315 g/mol. The van der Waals surface area contributed by atoms with Crippen LogP contribution in [0, 0.1) is 5.92 Å². The van der Waals surface area contributed by atoms with Crippen LogP contribution < -0.4 is 10.1 Å². The Morgan fingerprint density at radius 2 is 2.19 bits per heavy atom. The Kier molecular flexibility index (Phi) is 4.93. The maximum Gasteiger partial charge on any atom is 0.216 e. The van der Waals surface area contributed by atoms with Gasteiger partial charge in [-0.25, -0.2) is 13.1 Å². The molecule has 0 bridgehead atoms. The maximum absolute atomic E-state index is 11.5. The molecule has 1 aromatic heterocycles. The van der Waals surface area contributed by atoms with E-state index >= 15 is 0 Å². The number of hydrogen-bond acceptors (Lipinski definition) is 5. The molecular formula is C14H25N3O3S. The number of nitrogens with zero attached hydrogens (tertiary/aromatic N) is 2. The van der Waals surface area contributed by atoms with Gasteiger partial charge in [-0.2, -0.15) is 5.10 Å². The lowest BCUT2D eigenvalue weighted by atomic mass is 10.1. The number of sulfone groups is 1. The van der Waals surface area contributed by atoms with Crippen LogP contribution in [0.1, 0.15) is 37.4 Å². The molecule has 0 aromatic carbocycles. The Bertz CT molecular complexity index is 593. The van der Waals surface area contributed by atoms with E-state index < -0.39 is 9.84 Å². The van der Waals surface area contributed by atoms with Crippen molar-refractivity contribution in [2.75, 3.05) is 25.2 Å². The molecule has 1 saturated heterocycles. The van der Waals surface area contributed by atoms with Gasteiger partial charge in [-0.05, 0) is 24.8 Å². The van der Waals surface area contributed by atoms with Gasteiger partial charge >= 0.3 is 0 Å². The zero-order chi connectivity index (χ0) is 15.6. The predicted molar refractivity (Wildman–Crippen MR) is 82.3 cm³/mol. The fourth-order valence-electron chi connectivity index (χ4n) is 2.89. The molecule has 1 aliphatic heterocycles. The topological polar surface area (TPSA) is 73.2 Å². The van der Waals surface area contributed by atoms with Gasteiger partial charge in [-0.15, -0.1) is 0 Å². The first-order valence-electron chi connectivity index (χ1n) is 7.35. The summed E-state index contributed by atoms with van der Waals surface area (Å²) in [7, 11) is 0.718. The Balaban J connectivity index is 2.00. The lowest BCUT2D eigenvalue weighted by Crippen LogP contribution is -2.24. The Labute approximate surface area is 126 Å². The lowest BCUT2D eigenvalue weighted by molar-refractivity contribution is 0.367. The summed E-state index contributed by atoms with van der Waals surface area (Å²) in [4.78, 5) is 0. The fourth-order valence-corrected chi connectivity index (χ4v) is 4.75. The van der Waals surface area contributed by atoms with E-state index in [0.717, 1.165) is 30.1 Å². The summed E-state index contributed by atoms with van der Waals surface area (Å²) in [6.45, 7) is 5.58. The van der Waals surface area contributed by atoms with Gasteiger partial charge in [0.2, 0.25) is 5.88 Å². The normalized spacial score (nSPS) is 21.1. The molecule has 1 N–H and O–H groups in total. The van der Waals surface area contributed by atoms with Crippen molar-refractivity contribution in [3.05, 3.63) is 11.3 Å². The van der Waals surface area contributed by atoms with E-state index in [9.17, 15) is 8.42 Å². The summed E-state index contributed by atoms with van der Waals surface area (Å²) in [6.07, 6.45) is 0.760. The molecule has 1 atom stereocenters. The number of aryl methyl sites for hydroxylation is 1. The van der Waals surface area contributed by atoms with Gasteiger partial charge in [0.15, 0.2) is 9.84 Å². The molecule has 7 heteroatoms. The zero-order valence-corrected chi connectivity index (χ0v) is 14.0. The molecule has 6 nitrogen and oxygen atoms in total. The highest BCUT2D eigenvalue weighted by molar-refractivity contribution is 7.91. The molecular weight excluding hydrogens is 290 g/mol. The quantitative estimate of drug-likeness (QED) is 0.850. The van der Waals surface area contributed by atoms with E-state index in [1.807, 2.05) is 7.05 Å². The van der Waals surface area contributed by atoms with Gasteiger partial charge in [0.05, 0.1) is 29.9 Å². The highest BCUT2D eigenvalue weighted by Gasteiger charge is 2.27. The highest BCUT2D eigenvalue weighted by Crippen LogP contribution is 2.27. The molecule has 0 aliphatic carbocycles. The van der Waals surface area contributed by atoms with Crippen molar-refractivity contribution >= 4 is 9.84 Å². The molecule has 1 aliphatic rings. The van der Waals surface area contributed by atoms with Crippen LogP contribution in [0.15, 0.2) is 0 Å². The first-order valence-corrected chi connectivity index (χ1v) is 9.17. The molecule has 0 spiro atoms. The average Bonchev–Trinajstić information content (AvgIpc) is 2.90. The summed E-state index contributed by atoms with van der Waals surface area (Å²) < 4.78 is 30.1. The molecule has 1 aromatic rings. The van der Waals surface area contributed by atoms with E-state index in [4.69, 9.17) is 4.74 Å². The van der Waals surface area contributed by atoms with E-state index in [0.29, 0.717) is 24.0 Å². The predicted octanol–water partition coefficient (Wildman–Crippen LogP) is 1.08. The zero-order valence-electron chi connectivity index (χ0n) is 13.2. The van der Waals surface area contributed by atoms with Gasteiger partial charge < -0.3 is 10.1 Å². The fraction of sp³-hybridized carbons (Fsp3) is 0.786. The van der Waals surface area contributed by atoms with Crippen molar-refractivity contribution in [1.82, 2.24) is 15.1 Å². The van der Waals surface area contributed by atoms with Gasteiger partial charge in [-0.3, -0.25) is 0 Å². The number of hydrogen-bond donors (Lipinski definition) is 1. The molecule has 2 rings (SSSR count). The van der Waals surface area contributed by atoms with Crippen LogP contribution >= 0.6 is 0 Å². The van der Waals surface area contributed by atoms with E-state index in [-0.39, 0.29) is 5.92 Å². The molecule has 0 saturated carbocycles. The monoisotopic (exact) mass is 315 g/mol. The summed E-state index contributed by atoms with van der Waals surface area (Å²) in [5.41, 5.74) is 2.09. The van der Waals surface area contributed by atoms with Gasteiger partial charge in [0.1, 0.15) is 0 Å². The molecule has 0 amide bonds. The number of nitrogens with one attached hydrogen (secondary N) is 1. The number of rotatable bonds is 6. The van der Waals surface area contributed by atoms with Crippen molar-refractivity contribution in [3.8, 4) is 5.88 Å². The van der Waals surface area contributed by atoms with E-state index in [1.165, 1.54) is 0 Å². The summed E-state index contributed by atoms with van der Waals surface area (Å²) in [5.74, 6) is 1.95. The second kappa shape index (κ2) is 6.36. The molecule has 0 radical (unpaired) electrons. The summed E-state index contributed by atoms with van der Waals surface area (Å²) in [5, 5.41) is 7.88. The molecule has 2 heterocycles. The highest BCUT2D eigenvalue weighted by atomic mass is 32.2. The Hall–Kier alpha value is -1.08. The minimum atomic E-state index is -2.80.